The van der Waals surface area contributed by atoms with E-state index in [9.17, 15) is 4.79 Å². The van der Waals surface area contributed by atoms with Gasteiger partial charge < -0.3 is 9.80 Å². The van der Waals surface area contributed by atoms with Gasteiger partial charge in [-0.3, -0.25) is 9.36 Å². The van der Waals surface area contributed by atoms with Crippen LogP contribution in [0.4, 0.5) is 11.5 Å². The number of hydrogen-bond donors (Lipinski definition) is 0. The lowest BCUT2D eigenvalue weighted by Gasteiger charge is -2.36. The summed E-state index contributed by atoms with van der Waals surface area (Å²) in [5.41, 5.74) is 1.71. The maximum atomic E-state index is 12.2. The molecule has 0 N–H and O–H groups in total. The van der Waals surface area contributed by atoms with Crippen LogP contribution in [0.3, 0.4) is 0 Å². The Hall–Kier alpha value is -3.22. The molecule has 26 heavy (non-hydrogen) atoms. The highest BCUT2D eigenvalue weighted by atomic mass is 16.2. The first kappa shape index (κ1) is 16.3. The van der Waals surface area contributed by atoms with E-state index < -0.39 is 0 Å². The molecule has 132 valence electrons. The lowest BCUT2D eigenvalue weighted by molar-refractivity contribution is -0.117. The topological polar surface area (TPSA) is 67.2 Å². The second-order valence-corrected chi connectivity index (χ2v) is 6.54. The molecule has 7 heteroatoms. The van der Waals surface area contributed by atoms with Gasteiger partial charge in [0, 0.05) is 31.0 Å². The predicted octanol–water partition coefficient (Wildman–Crippen LogP) is 2.52. The highest BCUT2D eigenvalue weighted by molar-refractivity contribution is 6.01. The summed E-state index contributed by atoms with van der Waals surface area (Å²) in [5.74, 6) is 2.12. The van der Waals surface area contributed by atoms with Gasteiger partial charge in [0.05, 0.1) is 12.7 Å². The van der Waals surface area contributed by atoms with Crippen LogP contribution in [-0.2, 0) is 4.79 Å². The van der Waals surface area contributed by atoms with Crippen molar-refractivity contribution in [2.75, 3.05) is 23.4 Å². The molecular formula is C19H20N6O. The van der Waals surface area contributed by atoms with Crippen LogP contribution in [0.15, 0.2) is 48.9 Å². The summed E-state index contributed by atoms with van der Waals surface area (Å²) >= 11 is 0. The number of benzene rings is 1. The number of anilines is 2. The third-order valence-corrected chi connectivity index (χ3v) is 4.56. The SMILES string of the molecule is CC(C)N1CC(=O)N(C)c2cnc(-n3ccnc3-c3ccccc3)nc21. The molecule has 0 radical (unpaired) electrons. The number of aromatic nitrogens is 4. The van der Waals surface area contributed by atoms with Crippen molar-refractivity contribution in [3.8, 4) is 17.3 Å². The molecule has 2 aromatic heterocycles. The van der Waals surface area contributed by atoms with E-state index in [0.717, 1.165) is 22.9 Å². The fourth-order valence-corrected chi connectivity index (χ4v) is 3.08. The van der Waals surface area contributed by atoms with E-state index in [0.29, 0.717) is 12.5 Å². The van der Waals surface area contributed by atoms with E-state index >= 15 is 0 Å². The number of carbonyl (C=O) groups excluding carboxylic acids is 1. The zero-order valence-electron chi connectivity index (χ0n) is 15.0. The number of carbonyl (C=O) groups is 1. The Kier molecular flexibility index (Phi) is 3.91. The number of rotatable bonds is 3. The summed E-state index contributed by atoms with van der Waals surface area (Å²) in [7, 11) is 1.76. The molecule has 0 unspecified atom stereocenters. The molecule has 1 aromatic carbocycles. The number of imidazole rings is 1. The summed E-state index contributed by atoms with van der Waals surface area (Å²) in [5, 5.41) is 0. The fraction of sp³-hybridized carbons (Fsp3) is 0.263. The second kappa shape index (κ2) is 6.25. The smallest absolute Gasteiger partial charge is 0.246 e. The maximum absolute atomic E-state index is 12.2. The Labute approximate surface area is 151 Å². The summed E-state index contributed by atoms with van der Waals surface area (Å²) in [6, 6.07) is 10.1. The van der Waals surface area contributed by atoms with Crippen LogP contribution < -0.4 is 9.80 Å². The molecule has 0 bridgehead atoms. The molecule has 0 aliphatic carbocycles. The first-order valence-corrected chi connectivity index (χ1v) is 8.55. The number of hydrogen-bond acceptors (Lipinski definition) is 5. The summed E-state index contributed by atoms with van der Waals surface area (Å²) in [4.78, 5) is 29.6. The summed E-state index contributed by atoms with van der Waals surface area (Å²) < 4.78 is 1.87. The second-order valence-electron chi connectivity index (χ2n) is 6.54. The zero-order valence-corrected chi connectivity index (χ0v) is 15.0. The minimum atomic E-state index is 0.0372. The van der Waals surface area contributed by atoms with E-state index in [4.69, 9.17) is 4.98 Å². The lowest BCUT2D eigenvalue weighted by Crippen LogP contribution is -2.47. The van der Waals surface area contributed by atoms with Crippen molar-refractivity contribution in [3.05, 3.63) is 48.9 Å². The molecule has 0 atom stereocenters. The minimum Gasteiger partial charge on any atom is -0.343 e. The molecule has 3 aromatic rings. The molecule has 3 heterocycles. The van der Waals surface area contributed by atoms with Gasteiger partial charge in [-0.2, -0.15) is 4.98 Å². The molecular weight excluding hydrogens is 328 g/mol. The average molecular weight is 348 g/mol. The van der Waals surface area contributed by atoms with E-state index in [1.54, 1.807) is 24.3 Å². The van der Waals surface area contributed by atoms with Crippen LogP contribution in [0.2, 0.25) is 0 Å². The van der Waals surface area contributed by atoms with Crippen LogP contribution in [0.5, 0.6) is 0 Å². The molecule has 0 saturated carbocycles. The van der Waals surface area contributed by atoms with Crippen LogP contribution >= 0.6 is 0 Å². The monoisotopic (exact) mass is 348 g/mol. The van der Waals surface area contributed by atoms with Gasteiger partial charge in [0.15, 0.2) is 5.82 Å². The van der Waals surface area contributed by atoms with Gasteiger partial charge in [0.1, 0.15) is 11.5 Å². The van der Waals surface area contributed by atoms with Crippen molar-refractivity contribution in [2.45, 2.75) is 19.9 Å². The van der Waals surface area contributed by atoms with E-state index in [1.165, 1.54) is 0 Å². The van der Waals surface area contributed by atoms with E-state index in [-0.39, 0.29) is 11.9 Å². The summed E-state index contributed by atoms with van der Waals surface area (Å²) in [6.45, 7) is 4.42. The number of nitrogens with zero attached hydrogens (tertiary/aromatic N) is 6. The van der Waals surface area contributed by atoms with E-state index in [2.05, 4.69) is 23.8 Å². The highest BCUT2D eigenvalue weighted by Gasteiger charge is 2.30. The van der Waals surface area contributed by atoms with E-state index in [1.807, 2.05) is 46.0 Å². The van der Waals surface area contributed by atoms with Gasteiger partial charge in [0.2, 0.25) is 11.9 Å². The fourth-order valence-electron chi connectivity index (χ4n) is 3.08. The Morgan fingerprint density at radius 2 is 1.88 bits per heavy atom. The van der Waals surface area contributed by atoms with Crippen LogP contribution in [0, 0.1) is 0 Å². The van der Waals surface area contributed by atoms with Crippen molar-refractivity contribution in [3.63, 3.8) is 0 Å². The van der Waals surface area contributed by atoms with Crippen molar-refractivity contribution in [1.82, 2.24) is 19.5 Å². The standard InChI is InChI=1S/C19H20N6O/c1-13(2)25-12-16(26)23(3)15-11-21-19(22-18(15)25)24-10-9-20-17(24)14-7-5-4-6-8-14/h4-11,13H,12H2,1-3H3. The largest absolute Gasteiger partial charge is 0.343 e. The Balaban J connectivity index is 1.83. The Morgan fingerprint density at radius 3 is 2.62 bits per heavy atom. The van der Waals surface area contributed by atoms with Gasteiger partial charge in [-0.15, -0.1) is 0 Å². The Morgan fingerprint density at radius 1 is 1.12 bits per heavy atom. The van der Waals surface area contributed by atoms with Crippen molar-refractivity contribution in [1.29, 1.82) is 0 Å². The van der Waals surface area contributed by atoms with Crippen LogP contribution in [-0.4, -0.2) is 45.1 Å². The van der Waals surface area contributed by atoms with Gasteiger partial charge in [0.25, 0.3) is 0 Å². The van der Waals surface area contributed by atoms with Crippen LogP contribution in [0.1, 0.15) is 13.8 Å². The third kappa shape index (κ3) is 2.61. The van der Waals surface area contributed by atoms with Crippen LogP contribution in [0.25, 0.3) is 17.3 Å². The molecule has 7 nitrogen and oxygen atoms in total. The molecule has 1 aliphatic heterocycles. The van der Waals surface area contributed by atoms with Gasteiger partial charge >= 0.3 is 0 Å². The highest BCUT2D eigenvalue weighted by Crippen LogP contribution is 2.32. The lowest BCUT2D eigenvalue weighted by atomic mass is 10.2. The zero-order chi connectivity index (χ0) is 18.3. The maximum Gasteiger partial charge on any atom is 0.246 e. The summed E-state index contributed by atoms with van der Waals surface area (Å²) in [6.07, 6.45) is 5.29. The molecule has 1 aliphatic rings. The van der Waals surface area contributed by atoms with Crippen molar-refractivity contribution < 1.29 is 4.79 Å². The number of fused-ring (bicyclic) bond motifs is 1. The van der Waals surface area contributed by atoms with Crippen molar-refractivity contribution >= 4 is 17.4 Å². The molecule has 0 saturated heterocycles. The quantitative estimate of drug-likeness (QED) is 0.728. The third-order valence-electron chi connectivity index (χ3n) is 4.56. The first-order chi connectivity index (χ1) is 12.6. The number of amides is 1. The predicted molar refractivity (Wildman–Crippen MR) is 100 cm³/mol. The molecule has 0 spiro atoms. The number of likely N-dealkylation sites (N-methyl/N-ethyl adjacent to an activating group) is 1. The normalized spacial score (nSPS) is 14.1. The average Bonchev–Trinajstić information content (AvgIpc) is 3.14. The minimum absolute atomic E-state index is 0.0372. The molecule has 0 fully saturated rings. The first-order valence-electron chi connectivity index (χ1n) is 8.55. The van der Waals surface area contributed by atoms with Crippen molar-refractivity contribution in [2.24, 2.45) is 0 Å². The Bertz CT molecular complexity index is 950. The molecule has 4 rings (SSSR count). The molecule has 1 amide bonds. The van der Waals surface area contributed by atoms with Gasteiger partial charge in [-0.25, -0.2) is 9.97 Å². The van der Waals surface area contributed by atoms with Gasteiger partial charge in [-0.05, 0) is 13.8 Å². The van der Waals surface area contributed by atoms with Gasteiger partial charge in [-0.1, -0.05) is 30.3 Å².